The zero-order chi connectivity index (χ0) is 15.2. The SMILES string of the molecule is CC(CCc1ccc(O)cc1)N[C@@H](C)c1cccc(F)c1. The minimum Gasteiger partial charge on any atom is -0.508 e. The summed E-state index contributed by atoms with van der Waals surface area (Å²) in [7, 11) is 0. The maximum atomic E-state index is 13.2. The lowest BCUT2D eigenvalue weighted by molar-refractivity contribution is 0.454. The summed E-state index contributed by atoms with van der Waals surface area (Å²) < 4.78 is 13.2. The summed E-state index contributed by atoms with van der Waals surface area (Å²) in [4.78, 5) is 0. The van der Waals surface area contributed by atoms with E-state index in [2.05, 4.69) is 12.2 Å². The average molecular weight is 287 g/mol. The molecule has 21 heavy (non-hydrogen) atoms. The summed E-state index contributed by atoms with van der Waals surface area (Å²) >= 11 is 0. The van der Waals surface area contributed by atoms with Crippen LogP contribution in [0.25, 0.3) is 0 Å². The Kier molecular flexibility index (Phi) is 5.34. The van der Waals surface area contributed by atoms with Crippen molar-refractivity contribution in [1.29, 1.82) is 0 Å². The Bertz CT molecular complexity index is 568. The molecule has 2 aromatic rings. The van der Waals surface area contributed by atoms with Crippen molar-refractivity contribution in [3.63, 3.8) is 0 Å². The normalized spacial score (nSPS) is 13.9. The van der Waals surface area contributed by atoms with Gasteiger partial charge in [0.15, 0.2) is 0 Å². The highest BCUT2D eigenvalue weighted by Crippen LogP contribution is 2.16. The van der Waals surface area contributed by atoms with E-state index in [1.807, 2.05) is 25.1 Å². The number of hydrogen-bond donors (Lipinski definition) is 2. The van der Waals surface area contributed by atoms with Gasteiger partial charge in [-0.25, -0.2) is 4.39 Å². The van der Waals surface area contributed by atoms with Gasteiger partial charge in [0.1, 0.15) is 11.6 Å². The van der Waals surface area contributed by atoms with E-state index in [0.29, 0.717) is 11.8 Å². The fourth-order valence-corrected chi connectivity index (χ4v) is 2.43. The smallest absolute Gasteiger partial charge is 0.123 e. The molecule has 0 bridgehead atoms. The zero-order valence-electron chi connectivity index (χ0n) is 12.5. The quantitative estimate of drug-likeness (QED) is 0.834. The first-order chi connectivity index (χ1) is 10.0. The summed E-state index contributed by atoms with van der Waals surface area (Å²) in [5.74, 6) is 0.0996. The van der Waals surface area contributed by atoms with Crippen LogP contribution in [0.3, 0.4) is 0 Å². The number of phenols is 1. The molecular formula is C18H22FNO. The third kappa shape index (κ3) is 4.87. The Morgan fingerprint density at radius 3 is 2.48 bits per heavy atom. The van der Waals surface area contributed by atoms with Crippen LogP contribution in [0.5, 0.6) is 5.75 Å². The summed E-state index contributed by atoms with van der Waals surface area (Å²) in [6.45, 7) is 4.18. The number of aromatic hydroxyl groups is 1. The van der Waals surface area contributed by atoms with Gasteiger partial charge in [-0.15, -0.1) is 0 Å². The van der Waals surface area contributed by atoms with E-state index in [4.69, 9.17) is 0 Å². The fraction of sp³-hybridized carbons (Fsp3) is 0.333. The largest absolute Gasteiger partial charge is 0.508 e. The van der Waals surface area contributed by atoms with Crippen molar-refractivity contribution in [2.45, 2.75) is 38.8 Å². The Hall–Kier alpha value is -1.87. The van der Waals surface area contributed by atoms with Gasteiger partial charge in [0, 0.05) is 12.1 Å². The van der Waals surface area contributed by atoms with Crippen LogP contribution in [0.2, 0.25) is 0 Å². The van der Waals surface area contributed by atoms with Crippen molar-refractivity contribution in [2.24, 2.45) is 0 Å². The molecule has 1 unspecified atom stereocenters. The van der Waals surface area contributed by atoms with Gasteiger partial charge in [0.25, 0.3) is 0 Å². The number of phenolic OH excluding ortho intramolecular Hbond substituents is 1. The number of aryl methyl sites for hydroxylation is 1. The number of benzene rings is 2. The van der Waals surface area contributed by atoms with Crippen LogP contribution in [-0.2, 0) is 6.42 Å². The number of nitrogens with one attached hydrogen (secondary N) is 1. The molecule has 0 heterocycles. The van der Waals surface area contributed by atoms with Crippen LogP contribution in [0, 0.1) is 5.82 Å². The molecule has 0 aromatic heterocycles. The average Bonchev–Trinajstić information content (AvgIpc) is 2.46. The van der Waals surface area contributed by atoms with Crippen LogP contribution >= 0.6 is 0 Å². The second-order valence-corrected chi connectivity index (χ2v) is 5.55. The van der Waals surface area contributed by atoms with E-state index < -0.39 is 0 Å². The summed E-state index contributed by atoms with van der Waals surface area (Å²) in [5, 5.41) is 12.7. The predicted molar refractivity (Wildman–Crippen MR) is 83.8 cm³/mol. The minimum absolute atomic E-state index is 0.121. The molecule has 2 rings (SSSR count). The monoisotopic (exact) mass is 287 g/mol. The highest BCUT2D eigenvalue weighted by Gasteiger charge is 2.10. The highest BCUT2D eigenvalue weighted by atomic mass is 19.1. The van der Waals surface area contributed by atoms with Crippen molar-refractivity contribution in [3.8, 4) is 5.75 Å². The second kappa shape index (κ2) is 7.23. The molecule has 3 heteroatoms. The van der Waals surface area contributed by atoms with Gasteiger partial charge in [-0.05, 0) is 62.1 Å². The molecule has 0 spiro atoms. The molecule has 2 aromatic carbocycles. The van der Waals surface area contributed by atoms with Crippen LogP contribution < -0.4 is 5.32 Å². The van der Waals surface area contributed by atoms with Gasteiger partial charge in [-0.3, -0.25) is 0 Å². The minimum atomic E-state index is -0.196. The molecule has 2 atom stereocenters. The van der Waals surface area contributed by atoms with Crippen molar-refractivity contribution in [1.82, 2.24) is 5.32 Å². The molecule has 0 aliphatic carbocycles. The molecule has 0 saturated carbocycles. The number of hydrogen-bond acceptors (Lipinski definition) is 2. The lowest BCUT2D eigenvalue weighted by atomic mass is 10.0. The van der Waals surface area contributed by atoms with Gasteiger partial charge in [0.2, 0.25) is 0 Å². The van der Waals surface area contributed by atoms with Gasteiger partial charge in [0.05, 0.1) is 0 Å². The first kappa shape index (κ1) is 15.5. The summed E-state index contributed by atoms with van der Waals surface area (Å²) in [6, 6.07) is 14.5. The van der Waals surface area contributed by atoms with Crippen molar-refractivity contribution < 1.29 is 9.50 Å². The van der Waals surface area contributed by atoms with E-state index in [1.54, 1.807) is 24.3 Å². The number of rotatable bonds is 6. The van der Waals surface area contributed by atoms with Gasteiger partial charge in [-0.1, -0.05) is 24.3 Å². The Labute approximate surface area is 125 Å². The van der Waals surface area contributed by atoms with E-state index in [1.165, 1.54) is 11.6 Å². The Morgan fingerprint density at radius 2 is 1.81 bits per heavy atom. The maximum absolute atomic E-state index is 13.2. The van der Waals surface area contributed by atoms with Gasteiger partial charge in [-0.2, -0.15) is 0 Å². The standard InChI is InChI=1S/C18H22FNO/c1-13(6-7-15-8-10-18(21)11-9-15)20-14(2)16-4-3-5-17(19)12-16/h3-5,8-14,20-21H,6-7H2,1-2H3/t13?,14-/m0/s1. The molecule has 0 fully saturated rings. The van der Waals surface area contributed by atoms with Crippen molar-refractivity contribution in [3.05, 3.63) is 65.5 Å². The molecular weight excluding hydrogens is 265 g/mol. The molecule has 0 aliphatic heterocycles. The Morgan fingerprint density at radius 1 is 1.10 bits per heavy atom. The van der Waals surface area contributed by atoms with Gasteiger partial charge < -0.3 is 10.4 Å². The predicted octanol–water partition coefficient (Wildman–Crippen LogP) is 4.20. The second-order valence-electron chi connectivity index (χ2n) is 5.55. The van der Waals surface area contributed by atoms with E-state index in [0.717, 1.165) is 18.4 Å². The van der Waals surface area contributed by atoms with Crippen LogP contribution in [-0.4, -0.2) is 11.1 Å². The maximum Gasteiger partial charge on any atom is 0.123 e. The van der Waals surface area contributed by atoms with Crippen LogP contribution in [0.1, 0.15) is 37.4 Å². The lowest BCUT2D eigenvalue weighted by Gasteiger charge is -2.20. The molecule has 2 nitrogen and oxygen atoms in total. The molecule has 112 valence electrons. The molecule has 2 N–H and O–H groups in total. The fourth-order valence-electron chi connectivity index (χ4n) is 2.43. The van der Waals surface area contributed by atoms with E-state index in [9.17, 15) is 9.50 Å². The summed E-state index contributed by atoms with van der Waals surface area (Å²) in [6.07, 6.45) is 1.94. The topological polar surface area (TPSA) is 32.3 Å². The number of halogens is 1. The van der Waals surface area contributed by atoms with Crippen LogP contribution in [0.4, 0.5) is 4.39 Å². The highest BCUT2D eigenvalue weighted by molar-refractivity contribution is 5.26. The van der Waals surface area contributed by atoms with Crippen molar-refractivity contribution >= 4 is 0 Å². The first-order valence-electron chi connectivity index (χ1n) is 7.34. The first-order valence-corrected chi connectivity index (χ1v) is 7.34. The molecule has 0 saturated heterocycles. The summed E-state index contributed by atoms with van der Waals surface area (Å²) in [5.41, 5.74) is 2.17. The van der Waals surface area contributed by atoms with Crippen LogP contribution in [0.15, 0.2) is 48.5 Å². The third-order valence-corrected chi connectivity index (χ3v) is 3.69. The third-order valence-electron chi connectivity index (χ3n) is 3.69. The van der Waals surface area contributed by atoms with Gasteiger partial charge >= 0.3 is 0 Å². The van der Waals surface area contributed by atoms with Crippen molar-refractivity contribution in [2.75, 3.05) is 0 Å². The van der Waals surface area contributed by atoms with E-state index >= 15 is 0 Å². The van der Waals surface area contributed by atoms with E-state index in [-0.39, 0.29) is 11.9 Å². The Balaban J connectivity index is 1.83. The molecule has 0 aliphatic rings. The molecule has 0 radical (unpaired) electrons. The molecule has 0 amide bonds. The zero-order valence-corrected chi connectivity index (χ0v) is 12.5. The lowest BCUT2D eigenvalue weighted by Crippen LogP contribution is -2.29.